The fourth-order valence-corrected chi connectivity index (χ4v) is 4.51. The molecule has 2 aromatic carbocycles. The lowest BCUT2D eigenvalue weighted by molar-refractivity contribution is -0.116. The minimum Gasteiger partial charge on any atom is -0.492 e. The molecule has 0 radical (unpaired) electrons. The minimum atomic E-state index is 0.0949. The van der Waals surface area contributed by atoms with E-state index in [0.717, 1.165) is 49.6 Å². The average Bonchev–Trinajstić information content (AvgIpc) is 2.74. The molecule has 28 heavy (non-hydrogen) atoms. The van der Waals surface area contributed by atoms with Crippen LogP contribution in [0.2, 0.25) is 0 Å². The van der Waals surface area contributed by atoms with Crippen LogP contribution < -0.4 is 10.1 Å². The number of carbonyl (C=O) groups excluding carboxylic acids is 1. The topological polar surface area (TPSA) is 44.8 Å². The molecule has 2 heterocycles. The summed E-state index contributed by atoms with van der Waals surface area (Å²) in [6, 6.07) is 17.1. The van der Waals surface area contributed by atoms with Crippen molar-refractivity contribution in [2.45, 2.75) is 18.9 Å². The van der Waals surface area contributed by atoms with Crippen molar-refractivity contribution in [2.75, 3.05) is 44.4 Å². The highest BCUT2D eigenvalue weighted by atomic mass is 32.2. The first-order valence-electron chi connectivity index (χ1n) is 9.86. The van der Waals surface area contributed by atoms with Crippen LogP contribution >= 0.6 is 11.9 Å². The van der Waals surface area contributed by atoms with E-state index in [1.807, 2.05) is 24.1 Å². The van der Waals surface area contributed by atoms with Gasteiger partial charge in [-0.15, -0.1) is 0 Å². The van der Waals surface area contributed by atoms with Crippen molar-refractivity contribution >= 4 is 23.5 Å². The Morgan fingerprint density at radius 2 is 2.00 bits per heavy atom. The zero-order valence-corrected chi connectivity index (χ0v) is 17.1. The fourth-order valence-electron chi connectivity index (χ4n) is 3.95. The van der Waals surface area contributed by atoms with E-state index >= 15 is 0 Å². The van der Waals surface area contributed by atoms with Crippen LogP contribution in [-0.2, 0) is 11.2 Å². The number of hydrogen-bond acceptors (Lipinski definition) is 5. The quantitative estimate of drug-likeness (QED) is 0.755. The molecule has 148 valence electrons. The van der Waals surface area contributed by atoms with Crippen LogP contribution in [0.5, 0.6) is 5.75 Å². The second kappa shape index (κ2) is 8.99. The van der Waals surface area contributed by atoms with Crippen LogP contribution in [0.1, 0.15) is 23.6 Å². The van der Waals surface area contributed by atoms with Crippen molar-refractivity contribution in [3.8, 4) is 5.75 Å². The Kier molecular flexibility index (Phi) is 6.20. The number of amides is 1. The normalized spacial score (nSPS) is 20.5. The predicted octanol–water partition coefficient (Wildman–Crippen LogP) is 3.59. The van der Waals surface area contributed by atoms with Crippen molar-refractivity contribution in [3.63, 3.8) is 0 Å². The summed E-state index contributed by atoms with van der Waals surface area (Å²) < 4.78 is 8.50. The molecule has 6 heteroatoms. The number of ether oxygens (including phenoxy) is 1. The van der Waals surface area contributed by atoms with Gasteiger partial charge in [0.1, 0.15) is 12.4 Å². The monoisotopic (exact) mass is 397 g/mol. The van der Waals surface area contributed by atoms with Gasteiger partial charge in [-0.1, -0.05) is 42.3 Å². The van der Waals surface area contributed by atoms with Gasteiger partial charge in [0.05, 0.1) is 0 Å². The number of fused-ring (bicyclic) bond motifs is 1. The van der Waals surface area contributed by atoms with Gasteiger partial charge in [-0.25, -0.2) is 4.31 Å². The Balaban J connectivity index is 1.37. The number of piperazine rings is 1. The number of nitrogens with one attached hydrogen (secondary N) is 1. The number of carbonyl (C=O) groups is 1. The van der Waals surface area contributed by atoms with Gasteiger partial charge in [-0.05, 0) is 42.0 Å². The van der Waals surface area contributed by atoms with Gasteiger partial charge in [0, 0.05) is 44.3 Å². The largest absolute Gasteiger partial charge is 0.492 e. The molecule has 0 aliphatic carbocycles. The zero-order valence-electron chi connectivity index (χ0n) is 16.3. The SMILES string of the molecule is CSN1CCN(CCOc2ccc3c(c2)CCC(=O)N3)C(c2ccccc2)C1. The lowest BCUT2D eigenvalue weighted by atomic mass is 10.0. The summed E-state index contributed by atoms with van der Waals surface area (Å²) in [5, 5.41) is 2.92. The van der Waals surface area contributed by atoms with Crippen LogP contribution in [0.3, 0.4) is 0 Å². The van der Waals surface area contributed by atoms with Gasteiger partial charge in [0.15, 0.2) is 0 Å². The maximum Gasteiger partial charge on any atom is 0.224 e. The Morgan fingerprint density at radius 3 is 2.82 bits per heavy atom. The molecule has 1 unspecified atom stereocenters. The van der Waals surface area contributed by atoms with Gasteiger partial charge < -0.3 is 10.1 Å². The van der Waals surface area contributed by atoms with E-state index in [0.29, 0.717) is 19.1 Å². The van der Waals surface area contributed by atoms with Crippen molar-refractivity contribution < 1.29 is 9.53 Å². The number of anilines is 1. The van der Waals surface area contributed by atoms with E-state index in [9.17, 15) is 4.79 Å². The molecule has 1 saturated heterocycles. The summed E-state index contributed by atoms with van der Waals surface area (Å²) >= 11 is 1.83. The molecular formula is C22H27N3O2S. The van der Waals surface area contributed by atoms with Gasteiger partial charge in [0.25, 0.3) is 0 Å². The first kappa shape index (κ1) is 19.3. The van der Waals surface area contributed by atoms with E-state index in [-0.39, 0.29) is 5.91 Å². The van der Waals surface area contributed by atoms with Gasteiger partial charge >= 0.3 is 0 Å². The molecule has 0 saturated carbocycles. The molecule has 5 nitrogen and oxygen atoms in total. The molecule has 1 fully saturated rings. The second-order valence-electron chi connectivity index (χ2n) is 7.25. The summed E-state index contributed by atoms with van der Waals surface area (Å²) in [5.41, 5.74) is 3.44. The predicted molar refractivity (Wildman–Crippen MR) is 115 cm³/mol. The molecule has 0 aromatic heterocycles. The number of rotatable bonds is 6. The molecule has 0 bridgehead atoms. The van der Waals surface area contributed by atoms with E-state index in [2.05, 4.69) is 57.2 Å². The third-order valence-corrected chi connectivity index (χ3v) is 6.36. The molecule has 1 amide bonds. The van der Waals surface area contributed by atoms with E-state index < -0.39 is 0 Å². The fraction of sp³-hybridized carbons (Fsp3) is 0.409. The summed E-state index contributed by atoms with van der Waals surface area (Å²) in [4.78, 5) is 14.0. The third-order valence-electron chi connectivity index (χ3n) is 5.52. The molecule has 2 aliphatic heterocycles. The molecule has 1 N–H and O–H groups in total. The number of benzene rings is 2. The van der Waals surface area contributed by atoms with E-state index in [4.69, 9.17) is 4.74 Å². The highest BCUT2D eigenvalue weighted by molar-refractivity contribution is 7.96. The molecule has 1 atom stereocenters. The second-order valence-corrected chi connectivity index (χ2v) is 8.13. The van der Waals surface area contributed by atoms with E-state index in [1.165, 1.54) is 5.56 Å². The van der Waals surface area contributed by atoms with Crippen molar-refractivity contribution in [2.24, 2.45) is 0 Å². The highest BCUT2D eigenvalue weighted by Gasteiger charge is 2.27. The Hall–Kier alpha value is -2.02. The van der Waals surface area contributed by atoms with Crippen LogP contribution in [0.25, 0.3) is 0 Å². The summed E-state index contributed by atoms with van der Waals surface area (Å²) in [6.07, 6.45) is 3.49. The summed E-state index contributed by atoms with van der Waals surface area (Å²) in [5.74, 6) is 0.978. The minimum absolute atomic E-state index is 0.0949. The molecular weight excluding hydrogens is 370 g/mol. The summed E-state index contributed by atoms with van der Waals surface area (Å²) in [6.45, 7) is 4.70. The smallest absolute Gasteiger partial charge is 0.224 e. The number of hydrogen-bond donors (Lipinski definition) is 1. The zero-order chi connectivity index (χ0) is 19.3. The van der Waals surface area contributed by atoms with Crippen LogP contribution in [-0.4, -0.2) is 54.2 Å². The number of nitrogens with zero attached hydrogens (tertiary/aromatic N) is 2. The first-order valence-corrected chi connectivity index (χ1v) is 11.0. The number of aryl methyl sites for hydroxylation is 1. The Morgan fingerprint density at radius 1 is 1.14 bits per heavy atom. The van der Waals surface area contributed by atoms with Crippen molar-refractivity contribution in [3.05, 3.63) is 59.7 Å². The van der Waals surface area contributed by atoms with Crippen LogP contribution in [0.4, 0.5) is 5.69 Å². The van der Waals surface area contributed by atoms with Crippen LogP contribution in [0, 0.1) is 0 Å². The maximum absolute atomic E-state index is 11.5. The van der Waals surface area contributed by atoms with Gasteiger partial charge in [0.2, 0.25) is 5.91 Å². The average molecular weight is 398 g/mol. The lowest BCUT2D eigenvalue weighted by Gasteiger charge is -2.40. The molecule has 2 aromatic rings. The van der Waals surface area contributed by atoms with Crippen LogP contribution in [0.15, 0.2) is 48.5 Å². The highest BCUT2D eigenvalue weighted by Crippen LogP contribution is 2.29. The Bertz CT molecular complexity index is 815. The van der Waals surface area contributed by atoms with Crippen molar-refractivity contribution in [1.29, 1.82) is 0 Å². The molecule has 0 spiro atoms. The lowest BCUT2D eigenvalue weighted by Crippen LogP contribution is -2.47. The maximum atomic E-state index is 11.5. The molecule has 4 rings (SSSR count). The first-order chi connectivity index (χ1) is 13.7. The van der Waals surface area contributed by atoms with Gasteiger partial charge in [-0.2, -0.15) is 0 Å². The third kappa shape index (κ3) is 4.51. The molecule has 2 aliphatic rings. The van der Waals surface area contributed by atoms with Crippen molar-refractivity contribution in [1.82, 2.24) is 9.21 Å². The van der Waals surface area contributed by atoms with E-state index in [1.54, 1.807) is 0 Å². The Labute approximate surface area is 171 Å². The van der Waals surface area contributed by atoms with Gasteiger partial charge in [-0.3, -0.25) is 9.69 Å². The standard InChI is InChI=1S/C22H27N3O2S/c1-28-25-12-11-24(21(16-25)17-5-3-2-4-6-17)13-14-27-19-8-9-20-18(15-19)7-10-22(26)23-20/h2-6,8-9,15,21H,7,10-14,16H2,1H3,(H,23,26). The summed E-state index contributed by atoms with van der Waals surface area (Å²) in [7, 11) is 0.